The fourth-order valence-corrected chi connectivity index (χ4v) is 1.60. The van der Waals surface area contributed by atoms with Gasteiger partial charge >= 0.3 is 0 Å². The predicted octanol–water partition coefficient (Wildman–Crippen LogP) is 2.31. The summed E-state index contributed by atoms with van der Waals surface area (Å²) in [7, 11) is 3.60. The van der Waals surface area contributed by atoms with Crippen molar-refractivity contribution in [1.82, 2.24) is 10.6 Å². The summed E-state index contributed by atoms with van der Waals surface area (Å²) in [5.41, 5.74) is 2.37. The quantitative estimate of drug-likeness (QED) is 0.490. The van der Waals surface area contributed by atoms with Gasteiger partial charge in [0.15, 0.2) is 5.96 Å². The molecule has 0 unspecified atom stereocenters. The highest BCUT2D eigenvalue weighted by Gasteiger charge is 2.01. The van der Waals surface area contributed by atoms with Gasteiger partial charge in [-0.15, -0.1) is 24.0 Å². The van der Waals surface area contributed by atoms with Gasteiger partial charge in [-0.25, -0.2) is 0 Å². The van der Waals surface area contributed by atoms with Gasteiger partial charge in [-0.2, -0.15) is 0 Å². The van der Waals surface area contributed by atoms with Crippen LogP contribution in [0.1, 0.15) is 18.1 Å². The number of nitrogens with zero attached hydrogens (tertiary/aromatic N) is 1. The maximum atomic E-state index is 5.50. The molecule has 2 N–H and O–H groups in total. The first-order valence-corrected chi connectivity index (χ1v) is 5.82. The Labute approximate surface area is 126 Å². The summed E-state index contributed by atoms with van der Waals surface area (Å²) >= 11 is 0. The van der Waals surface area contributed by atoms with Crippen molar-refractivity contribution >= 4 is 29.9 Å². The number of rotatable bonds is 4. The number of nitrogens with one attached hydrogen (secondary N) is 2. The SMILES string of the molecule is CCOc1ccc(CNC(=NC)NC)cc1C.I. The molecule has 1 rings (SSSR count). The molecule has 0 fully saturated rings. The summed E-state index contributed by atoms with van der Waals surface area (Å²) in [5, 5.41) is 6.19. The lowest BCUT2D eigenvalue weighted by Gasteiger charge is -2.11. The van der Waals surface area contributed by atoms with Gasteiger partial charge in [0.2, 0.25) is 0 Å². The van der Waals surface area contributed by atoms with Gasteiger partial charge < -0.3 is 15.4 Å². The second kappa shape index (κ2) is 9.02. The molecular formula is C13H22IN3O. The second-order valence-electron chi connectivity index (χ2n) is 3.71. The average Bonchev–Trinajstić information content (AvgIpc) is 2.34. The summed E-state index contributed by atoms with van der Waals surface area (Å²) in [6.07, 6.45) is 0. The molecule has 0 aliphatic rings. The molecule has 0 bridgehead atoms. The molecule has 4 nitrogen and oxygen atoms in total. The van der Waals surface area contributed by atoms with Crippen molar-refractivity contribution in [3.63, 3.8) is 0 Å². The van der Waals surface area contributed by atoms with E-state index in [4.69, 9.17) is 4.74 Å². The third-order valence-electron chi connectivity index (χ3n) is 2.46. The van der Waals surface area contributed by atoms with E-state index in [0.717, 1.165) is 23.8 Å². The normalized spacial score (nSPS) is 10.6. The minimum Gasteiger partial charge on any atom is -0.494 e. The Balaban J connectivity index is 0.00000289. The predicted molar refractivity (Wildman–Crippen MR) is 87.0 cm³/mol. The van der Waals surface area contributed by atoms with Crippen LogP contribution in [0.5, 0.6) is 5.75 Å². The Kier molecular flexibility index (Phi) is 8.53. The van der Waals surface area contributed by atoms with Crippen molar-refractivity contribution in [2.45, 2.75) is 20.4 Å². The maximum absolute atomic E-state index is 5.50. The Hall–Kier alpha value is -0.980. The number of ether oxygens (including phenoxy) is 1. The highest BCUT2D eigenvalue weighted by Crippen LogP contribution is 2.18. The Morgan fingerprint density at radius 3 is 2.61 bits per heavy atom. The molecule has 0 aliphatic carbocycles. The first-order valence-electron chi connectivity index (χ1n) is 5.82. The fraction of sp³-hybridized carbons (Fsp3) is 0.462. The lowest BCUT2D eigenvalue weighted by Crippen LogP contribution is -2.34. The Morgan fingerprint density at radius 1 is 1.39 bits per heavy atom. The van der Waals surface area contributed by atoms with Crippen molar-refractivity contribution in [1.29, 1.82) is 0 Å². The summed E-state index contributed by atoms with van der Waals surface area (Å²) in [6.45, 7) is 5.50. The standard InChI is InChI=1S/C13H21N3O.HI/c1-5-17-12-7-6-11(8-10(12)2)9-16-13(14-3)15-4;/h6-8H,5,9H2,1-4H3,(H2,14,15,16);1H. The van der Waals surface area contributed by atoms with E-state index in [1.54, 1.807) is 7.05 Å². The summed E-state index contributed by atoms with van der Waals surface area (Å²) < 4.78 is 5.50. The molecule has 1 aromatic rings. The summed E-state index contributed by atoms with van der Waals surface area (Å²) in [5.74, 6) is 1.74. The first-order chi connectivity index (χ1) is 8.21. The molecule has 0 saturated carbocycles. The molecule has 0 saturated heterocycles. The molecule has 102 valence electrons. The van der Waals surface area contributed by atoms with Crippen LogP contribution in [-0.2, 0) is 6.54 Å². The number of aryl methyl sites for hydroxylation is 1. The van der Waals surface area contributed by atoms with Crippen LogP contribution in [0.15, 0.2) is 23.2 Å². The van der Waals surface area contributed by atoms with E-state index in [2.05, 4.69) is 34.7 Å². The van der Waals surface area contributed by atoms with E-state index in [0.29, 0.717) is 6.61 Å². The molecule has 18 heavy (non-hydrogen) atoms. The van der Waals surface area contributed by atoms with E-state index >= 15 is 0 Å². The molecule has 0 aromatic heterocycles. The molecule has 0 aliphatic heterocycles. The minimum atomic E-state index is 0. The van der Waals surface area contributed by atoms with Crippen molar-refractivity contribution in [2.75, 3.05) is 20.7 Å². The zero-order valence-electron chi connectivity index (χ0n) is 11.4. The van der Waals surface area contributed by atoms with E-state index in [1.165, 1.54) is 5.56 Å². The van der Waals surface area contributed by atoms with Crippen LogP contribution >= 0.6 is 24.0 Å². The van der Waals surface area contributed by atoms with Crippen LogP contribution in [0, 0.1) is 6.92 Å². The van der Waals surface area contributed by atoms with Gasteiger partial charge in [-0.3, -0.25) is 4.99 Å². The maximum Gasteiger partial charge on any atom is 0.190 e. The first kappa shape index (κ1) is 17.0. The molecule has 5 heteroatoms. The fourth-order valence-electron chi connectivity index (χ4n) is 1.60. The molecular weight excluding hydrogens is 341 g/mol. The number of halogens is 1. The van der Waals surface area contributed by atoms with Gasteiger partial charge in [0, 0.05) is 20.6 Å². The Bertz CT molecular complexity index is 394. The van der Waals surface area contributed by atoms with E-state index in [-0.39, 0.29) is 24.0 Å². The monoisotopic (exact) mass is 363 g/mol. The third kappa shape index (κ3) is 5.12. The van der Waals surface area contributed by atoms with Crippen LogP contribution in [0.25, 0.3) is 0 Å². The third-order valence-corrected chi connectivity index (χ3v) is 2.46. The number of aliphatic imine (C=N–C) groups is 1. The summed E-state index contributed by atoms with van der Waals surface area (Å²) in [4.78, 5) is 4.06. The van der Waals surface area contributed by atoms with Crippen LogP contribution in [0.2, 0.25) is 0 Å². The number of hydrogen-bond acceptors (Lipinski definition) is 2. The van der Waals surface area contributed by atoms with Crippen LogP contribution in [0.3, 0.4) is 0 Å². The van der Waals surface area contributed by atoms with Gasteiger partial charge in [0.05, 0.1) is 6.61 Å². The molecule has 0 amide bonds. The van der Waals surface area contributed by atoms with Crippen LogP contribution in [0.4, 0.5) is 0 Å². The topological polar surface area (TPSA) is 45.6 Å². The molecule has 1 aromatic carbocycles. The van der Waals surface area contributed by atoms with Crippen molar-refractivity contribution in [3.8, 4) is 5.75 Å². The highest BCUT2D eigenvalue weighted by atomic mass is 127. The van der Waals surface area contributed by atoms with Crippen LogP contribution in [-0.4, -0.2) is 26.7 Å². The molecule has 0 heterocycles. The number of benzene rings is 1. The zero-order valence-corrected chi connectivity index (χ0v) is 13.7. The second-order valence-corrected chi connectivity index (χ2v) is 3.71. The Morgan fingerprint density at radius 2 is 2.11 bits per heavy atom. The van der Waals surface area contributed by atoms with Gasteiger partial charge in [-0.1, -0.05) is 12.1 Å². The average molecular weight is 363 g/mol. The van der Waals surface area contributed by atoms with E-state index < -0.39 is 0 Å². The minimum absolute atomic E-state index is 0. The molecule has 0 atom stereocenters. The lowest BCUT2D eigenvalue weighted by molar-refractivity contribution is 0.338. The highest BCUT2D eigenvalue weighted by molar-refractivity contribution is 14.0. The smallest absolute Gasteiger partial charge is 0.190 e. The van der Waals surface area contributed by atoms with Crippen LogP contribution < -0.4 is 15.4 Å². The number of hydrogen-bond donors (Lipinski definition) is 2. The van der Waals surface area contributed by atoms with Gasteiger partial charge in [0.25, 0.3) is 0 Å². The van der Waals surface area contributed by atoms with Gasteiger partial charge in [0.1, 0.15) is 5.75 Å². The molecule has 0 radical (unpaired) electrons. The van der Waals surface area contributed by atoms with E-state index in [9.17, 15) is 0 Å². The number of guanidine groups is 1. The van der Waals surface area contributed by atoms with E-state index in [1.807, 2.05) is 20.0 Å². The lowest BCUT2D eigenvalue weighted by atomic mass is 10.1. The molecule has 0 spiro atoms. The van der Waals surface area contributed by atoms with Crippen molar-refractivity contribution in [2.24, 2.45) is 4.99 Å². The largest absolute Gasteiger partial charge is 0.494 e. The zero-order chi connectivity index (χ0) is 12.7. The van der Waals surface area contributed by atoms with Crippen molar-refractivity contribution in [3.05, 3.63) is 29.3 Å². The van der Waals surface area contributed by atoms with Gasteiger partial charge in [-0.05, 0) is 31.0 Å². The summed E-state index contributed by atoms with van der Waals surface area (Å²) in [6, 6.07) is 6.20. The van der Waals surface area contributed by atoms with Crippen molar-refractivity contribution < 1.29 is 4.74 Å².